The lowest BCUT2D eigenvalue weighted by Crippen LogP contribution is -2.51. The van der Waals surface area contributed by atoms with Gasteiger partial charge in [0.1, 0.15) is 18.3 Å². The molecule has 1 atom stereocenters. The normalized spacial score (nSPS) is 11.9. The Morgan fingerprint density at radius 1 is 0.950 bits per heavy atom. The molecule has 0 aromatic heterocycles. The highest BCUT2D eigenvalue weighted by Crippen LogP contribution is 2.27. The van der Waals surface area contributed by atoms with Crippen LogP contribution in [-0.4, -0.2) is 51.4 Å². The number of unbranched alkanes of at least 4 members (excludes halogenated alkanes) is 1. The van der Waals surface area contributed by atoms with Crippen LogP contribution in [0.5, 0.6) is 5.75 Å². The summed E-state index contributed by atoms with van der Waals surface area (Å²) in [6.45, 7) is 7.70. The van der Waals surface area contributed by atoms with Crippen molar-refractivity contribution in [2.24, 2.45) is 0 Å². The van der Waals surface area contributed by atoms with Crippen LogP contribution in [0.15, 0.2) is 77.7 Å². The van der Waals surface area contributed by atoms with E-state index in [4.69, 9.17) is 4.74 Å². The van der Waals surface area contributed by atoms with E-state index in [0.717, 1.165) is 33.8 Å². The number of rotatable bonds is 13. The highest BCUT2D eigenvalue weighted by atomic mass is 32.2. The molecule has 0 saturated carbocycles. The zero-order valence-electron chi connectivity index (χ0n) is 23.9. The zero-order valence-corrected chi connectivity index (χ0v) is 24.7. The lowest BCUT2D eigenvalue weighted by molar-refractivity contribution is -0.139. The second kappa shape index (κ2) is 14.0. The van der Waals surface area contributed by atoms with Gasteiger partial charge in [0.2, 0.25) is 11.8 Å². The number of aryl methyl sites for hydroxylation is 2. The van der Waals surface area contributed by atoms with Gasteiger partial charge >= 0.3 is 0 Å². The monoisotopic (exact) mass is 565 g/mol. The SMILES string of the molecule is CCCCNC(=O)C(C)N(Cc1ccccc1C)C(=O)CN(c1ccc(OC)cc1)S(=O)(=O)c1ccc(C)cc1. The molecule has 0 saturated heterocycles. The number of amides is 2. The van der Waals surface area contributed by atoms with E-state index < -0.39 is 28.5 Å². The van der Waals surface area contributed by atoms with Crippen LogP contribution in [-0.2, 0) is 26.2 Å². The summed E-state index contributed by atoms with van der Waals surface area (Å²) in [5.74, 6) is -0.220. The molecule has 0 spiro atoms. The van der Waals surface area contributed by atoms with Crippen molar-refractivity contribution in [3.63, 3.8) is 0 Å². The Hall–Kier alpha value is -3.85. The minimum Gasteiger partial charge on any atom is -0.497 e. The van der Waals surface area contributed by atoms with Crippen LogP contribution in [0, 0.1) is 13.8 Å². The summed E-state index contributed by atoms with van der Waals surface area (Å²) in [5, 5.41) is 2.90. The van der Waals surface area contributed by atoms with Crippen molar-refractivity contribution in [3.05, 3.63) is 89.5 Å². The standard InChI is InChI=1S/C31H39N3O5S/c1-6-7-20-32-31(36)25(4)33(21-26-11-9-8-10-24(26)3)30(35)22-34(27-14-16-28(39-5)17-15-27)40(37,38)29-18-12-23(2)13-19-29/h8-19,25H,6-7,20-22H2,1-5H3,(H,32,36). The quantitative estimate of drug-likeness (QED) is 0.299. The number of carbonyl (C=O) groups excluding carboxylic acids is 2. The molecule has 0 radical (unpaired) electrons. The Labute approximate surface area is 238 Å². The number of nitrogens with zero attached hydrogens (tertiary/aromatic N) is 2. The van der Waals surface area contributed by atoms with E-state index in [1.54, 1.807) is 43.3 Å². The minimum absolute atomic E-state index is 0.0672. The van der Waals surface area contributed by atoms with Gasteiger partial charge in [0, 0.05) is 13.1 Å². The first-order valence-electron chi connectivity index (χ1n) is 13.4. The molecule has 40 heavy (non-hydrogen) atoms. The predicted octanol–water partition coefficient (Wildman–Crippen LogP) is 4.84. The number of ether oxygens (including phenoxy) is 1. The van der Waals surface area contributed by atoms with Crippen LogP contribution in [0.25, 0.3) is 0 Å². The summed E-state index contributed by atoms with van der Waals surface area (Å²) in [4.78, 5) is 28.6. The molecule has 0 fully saturated rings. The Bertz CT molecular complexity index is 1390. The first-order chi connectivity index (χ1) is 19.1. The van der Waals surface area contributed by atoms with Crippen LogP contribution in [0.4, 0.5) is 5.69 Å². The van der Waals surface area contributed by atoms with Gasteiger partial charge in [0.05, 0.1) is 17.7 Å². The molecule has 0 aliphatic heterocycles. The molecular weight excluding hydrogens is 526 g/mol. The van der Waals surface area contributed by atoms with Crippen molar-refractivity contribution in [1.29, 1.82) is 0 Å². The molecule has 214 valence electrons. The second-order valence-electron chi connectivity index (χ2n) is 9.79. The van der Waals surface area contributed by atoms with E-state index in [9.17, 15) is 18.0 Å². The fourth-order valence-corrected chi connectivity index (χ4v) is 5.62. The third-order valence-corrected chi connectivity index (χ3v) is 8.64. The number of benzene rings is 3. The van der Waals surface area contributed by atoms with Crippen LogP contribution >= 0.6 is 0 Å². The zero-order chi connectivity index (χ0) is 29.3. The summed E-state index contributed by atoms with van der Waals surface area (Å²) in [7, 11) is -2.60. The fraction of sp³-hybridized carbons (Fsp3) is 0.355. The van der Waals surface area contributed by atoms with Crippen LogP contribution in [0.3, 0.4) is 0 Å². The number of sulfonamides is 1. The molecule has 0 aliphatic rings. The second-order valence-corrected chi connectivity index (χ2v) is 11.7. The van der Waals surface area contributed by atoms with Gasteiger partial charge in [-0.15, -0.1) is 0 Å². The van der Waals surface area contributed by atoms with Crippen LogP contribution in [0.2, 0.25) is 0 Å². The van der Waals surface area contributed by atoms with E-state index in [1.807, 2.05) is 45.0 Å². The van der Waals surface area contributed by atoms with Gasteiger partial charge in [0.15, 0.2) is 0 Å². The first-order valence-corrected chi connectivity index (χ1v) is 14.9. The average Bonchev–Trinajstić information content (AvgIpc) is 2.95. The van der Waals surface area contributed by atoms with E-state index in [1.165, 1.54) is 24.1 Å². The van der Waals surface area contributed by atoms with E-state index >= 15 is 0 Å². The summed E-state index contributed by atoms with van der Waals surface area (Å²) in [6, 6.07) is 19.8. The van der Waals surface area contributed by atoms with Crippen molar-refractivity contribution < 1.29 is 22.7 Å². The van der Waals surface area contributed by atoms with Crippen LogP contribution in [0.1, 0.15) is 43.4 Å². The molecule has 2 amide bonds. The Kier molecular flexibility index (Phi) is 10.7. The lowest BCUT2D eigenvalue weighted by Gasteiger charge is -2.32. The molecule has 3 aromatic rings. The molecule has 3 aromatic carbocycles. The fourth-order valence-electron chi connectivity index (χ4n) is 4.20. The van der Waals surface area contributed by atoms with E-state index in [2.05, 4.69) is 5.32 Å². The number of methoxy groups -OCH3 is 1. The van der Waals surface area contributed by atoms with Crippen molar-refractivity contribution in [3.8, 4) is 5.75 Å². The number of carbonyl (C=O) groups is 2. The van der Waals surface area contributed by atoms with Crippen molar-refractivity contribution >= 4 is 27.5 Å². The number of hydrogen-bond donors (Lipinski definition) is 1. The van der Waals surface area contributed by atoms with E-state index in [0.29, 0.717) is 18.0 Å². The number of hydrogen-bond acceptors (Lipinski definition) is 5. The molecule has 1 N–H and O–H groups in total. The van der Waals surface area contributed by atoms with Crippen LogP contribution < -0.4 is 14.4 Å². The Balaban J connectivity index is 2.01. The van der Waals surface area contributed by atoms with Gasteiger partial charge in [-0.3, -0.25) is 13.9 Å². The van der Waals surface area contributed by atoms with Gasteiger partial charge in [-0.25, -0.2) is 8.42 Å². The van der Waals surface area contributed by atoms with Crippen molar-refractivity contribution in [2.75, 3.05) is 24.5 Å². The summed E-state index contributed by atoms with van der Waals surface area (Å²) >= 11 is 0. The largest absolute Gasteiger partial charge is 0.497 e. The maximum absolute atomic E-state index is 14.0. The summed E-state index contributed by atoms with van der Waals surface area (Å²) in [5.41, 5.74) is 3.07. The number of nitrogens with one attached hydrogen (secondary N) is 1. The number of anilines is 1. The van der Waals surface area contributed by atoms with Gasteiger partial charge in [-0.2, -0.15) is 0 Å². The smallest absolute Gasteiger partial charge is 0.264 e. The summed E-state index contributed by atoms with van der Waals surface area (Å²) in [6.07, 6.45) is 1.75. The van der Waals surface area contributed by atoms with Gasteiger partial charge < -0.3 is 15.0 Å². The van der Waals surface area contributed by atoms with Crippen molar-refractivity contribution in [2.45, 2.75) is 58.0 Å². The molecule has 0 aliphatic carbocycles. The molecule has 1 unspecified atom stereocenters. The average molecular weight is 566 g/mol. The third kappa shape index (κ3) is 7.63. The molecule has 0 heterocycles. The minimum atomic E-state index is -4.12. The maximum atomic E-state index is 14.0. The molecule has 8 nitrogen and oxygen atoms in total. The maximum Gasteiger partial charge on any atom is 0.264 e. The van der Waals surface area contributed by atoms with Crippen molar-refractivity contribution in [1.82, 2.24) is 10.2 Å². The van der Waals surface area contributed by atoms with E-state index in [-0.39, 0.29) is 17.3 Å². The highest BCUT2D eigenvalue weighted by molar-refractivity contribution is 7.92. The third-order valence-electron chi connectivity index (χ3n) is 6.85. The molecule has 9 heteroatoms. The first kappa shape index (κ1) is 30.7. The Morgan fingerprint density at radius 3 is 2.20 bits per heavy atom. The Morgan fingerprint density at radius 2 is 1.60 bits per heavy atom. The molecule has 3 rings (SSSR count). The van der Waals surface area contributed by atoms with Gasteiger partial charge in [-0.1, -0.05) is 55.3 Å². The molecule has 0 bridgehead atoms. The topological polar surface area (TPSA) is 96.0 Å². The molecular formula is C31H39N3O5S. The lowest BCUT2D eigenvalue weighted by atomic mass is 10.1. The predicted molar refractivity (Wildman–Crippen MR) is 158 cm³/mol. The summed E-state index contributed by atoms with van der Waals surface area (Å²) < 4.78 is 34.1. The van der Waals surface area contributed by atoms with Gasteiger partial charge in [-0.05, 0) is 74.7 Å². The highest BCUT2D eigenvalue weighted by Gasteiger charge is 2.32. The van der Waals surface area contributed by atoms with Gasteiger partial charge in [0.25, 0.3) is 10.0 Å².